The Kier molecular flexibility index (Phi) is 5.07. The molecule has 4 rings (SSSR count). The summed E-state index contributed by atoms with van der Waals surface area (Å²) in [6, 6.07) is 18.3. The lowest BCUT2D eigenvalue weighted by Gasteiger charge is -2.09. The van der Waals surface area contributed by atoms with Gasteiger partial charge in [-0.1, -0.05) is 41.4 Å². The van der Waals surface area contributed by atoms with E-state index in [-0.39, 0.29) is 12.3 Å². The summed E-state index contributed by atoms with van der Waals surface area (Å²) in [6.07, 6.45) is 0.222. The number of nitrogens with one attached hydrogen (secondary N) is 1. The summed E-state index contributed by atoms with van der Waals surface area (Å²) in [4.78, 5) is 16.9. The highest BCUT2D eigenvalue weighted by Crippen LogP contribution is 2.30. The molecule has 0 bridgehead atoms. The molecule has 0 aliphatic rings. The lowest BCUT2D eigenvalue weighted by Crippen LogP contribution is -2.14. The van der Waals surface area contributed by atoms with Gasteiger partial charge in [-0.15, -0.1) is 0 Å². The van der Waals surface area contributed by atoms with Crippen molar-refractivity contribution in [3.05, 3.63) is 81.8 Å². The van der Waals surface area contributed by atoms with Gasteiger partial charge in [0.25, 0.3) is 0 Å². The monoisotopic (exact) mass is 410 g/mol. The quantitative estimate of drug-likeness (QED) is 0.429. The average molecular weight is 411 g/mol. The van der Waals surface area contributed by atoms with E-state index in [2.05, 4.69) is 10.3 Å². The fourth-order valence-corrected chi connectivity index (χ4v) is 3.18. The molecule has 4 nitrogen and oxygen atoms in total. The average Bonchev–Trinajstić information content (AvgIpc) is 3.08. The van der Waals surface area contributed by atoms with Gasteiger partial charge < -0.3 is 9.73 Å². The lowest BCUT2D eigenvalue weighted by molar-refractivity contribution is -0.115. The molecule has 1 aromatic heterocycles. The first-order valence-corrected chi connectivity index (χ1v) is 9.45. The van der Waals surface area contributed by atoms with Gasteiger partial charge >= 0.3 is 0 Å². The first-order valence-electron chi connectivity index (χ1n) is 8.69. The summed E-state index contributed by atoms with van der Waals surface area (Å²) in [5.41, 5.74) is 4.71. The molecular weight excluding hydrogens is 395 g/mol. The number of halogens is 2. The SMILES string of the molecule is Cc1ccc2nc(-c3ccc(Cl)c(NC(=O)Cc4ccc(Cl)cc4)c3)oc2c1. The van der Waals surface area contributed by atoms with E-state index in [1.807, 2.05) is 43.3 Å². The predicted octanol–water partition coefficient (Wildman–Crippen LogP) is 6.29. The molecule has 1 heterocycles. The Bertz CT molecular complexity index is 1170. The molecule has 4 aromatic rings. The number of benzene rings is 3. The number of fused-ring (bicyclic) bond motifs is 1. The van der Waals surface area contributed by atoms with Crippen molar-refractivity contribution < 1.29 is 9.21 Å². The second-order valence-electron chi connectivity index (χ2n) is 6.54. The zero-order valence-electron chi connectivity index (χ0n) is 15.0. The van der Waals surface area contributed by atoms with E-state index in [9.17, 15) is 4.79 Å². The van der Waals surface area contributed by atoms with E-state index in [1.54, 1.807) is 24.3 Å². The van der Waals surface area contributed by atoms with Crippen LogP contribution >= 0.6 is 23.2 Å². The van der Waals surface area contributed by atoms with Crippen LogP contribution < -0.4 is 5.32 Å². The Morgan fingerprint density at radius 3 is 2.61 bits per heavy atom. The maximum Gasteiger partial charge on any atom is 0.228 e. The smallest absolute Gasteiger partial charge is 0.228 e. The zero-order chi connectivity index (χ0) is 19.7. The van der Waals surface area contributed by atoms with Gasteiger partial charge in [-0.2, -0.15) is 0 Å². The van der Waals surface area contributed by atoms with Gasteiger partial charge in [0, 0.05) is 10.6 Å². The number of nitrogens with zero attached hydrogens (tertiary/aromatic N) is 1. The first-order chi connectivity index (χ1) is 13.5. The van der Waals surface area contributed by atoms with Crippen LogP contribution in [0.4, 0.5) is 5.69 Å². The van der Waals surface area contributed by atoms with Crippen molar-refractivity contribution in [3.63, 3.8) is 0 Å². The number of aromatic nitrogens is 1. The van der Waals surface area contributed by atoms with Crippen LogP contribution in [0.3, 0.4) is 0 Å². The number of anilines is 1. The van der Waals surface area contributed by atoms with Crippen LogP contribution in [0.1, 0.15) is 11.1 Å². The minimum absolute atomic E-state index is 0.172. The highest BCUT2D eigenvalue weighted by Gasteiger charge is 2.13. The predicted molar refractivity (Wildman–Crippen MR) is 113 cm³/mol. The molecule has 0 aliphatic heterocycles. The fourth-order valence-electron chi connectivity index (χ4n) is 2.89. The molecule has 28 heavy (non-hydrogen) atoms. The second kappa shape index (κ2) is 7.66. The number of carbonyl (C=O) groups excluding carboxylic acids is 1. The summed E-state index contributed by atoms with van der Waals surface area (Å²) in [7, 11) is 0. The van der Waals surface area contributed by atoms with E-state index in [1.165, 1.54) is 0 Å². The van der Waals surface area contributed by atoms with E-state index >= 15 is 0 Å². The Balaban J connectivity index is 1.57. The molecule has 1 amide bonds. The van der Waals surface area contributed by atoms with E-state index in [4.69, 9.17) is 27.6 Å². The highest BCUT2D eigenvalue weighted by atomic mass is 35.5. The third-order valence-electron chi connectivity index (χ3n) is 4.31. The number of rotatable bonds is 4. The number of hydrogen-bond acceptors (Lipinski definition) is 3. The van der Waals surface area contributed by atoms with Crippen LogP contribution in [0.25, 0.3) is 22.6 Å². The number of aryl methyl sites for hydroxylation is 1. The second-order valence-corrected chi connectivity index (χ2v) is 7.38. The molecule has 0 radical (unpaired) electrons. The van der Waals surface area contributed by atoms with Crippen LogP contribution in [0.2, 0.25) is 10.0 Å². The van der Waals surface area contributed by atoms with E-state index < -0.39 is 0 Å². The van der Waals surface area contributed by atoms with Gasteiger partial charge in [0.2, 0.25) is 11.8 Å². The van der Waals surface area contributed by atoms with Crippen LogP contribution in [-0.2, 0) is 11.2 Å². The van der Waals surface area contributed by atoms with Gasteiger partial charge in [0.15, 0.2) is 5.58 Å². The lowest BCUT2D eigenvalue weighted by atomic mass is 10.1. The van der Waals surface area contributed by atoms with Crippen molar-refractivity contribution in [3.8, 4) is 11.5 Å². The van der Waals surface area contributed by atoms with Gasteiger partial charge in [0.05, 0.1) is 17.1 Å². The Morgan fingerprint density at radius 1 is 1.04 bits per heavy atom. The highest BCUT2D eigenvalue weighted by molar-refractivity contribution is 6.33. The van der Waals surface area contributed by atoms with Crippen molar-refractivity contribution >= 4 is 45.9 Å². The van der Waals surface area contributed by atoms with Crippen molar-refractivity contribution in [2.75, 3.05) is 5.32 Å². The first kappa shape index (κ1) is 18.5. The minimum atomic E-state index is -0.172. The Hall–Kier alpha value is -2.82. The molecular formula is C22H16Cl2N2O2. The van der Waals surface area contributed by atoms with Crippen molar-refractivity contribution in [1.29, 1.82) is 0 Å². The normalized spacial score (nSPS) is 11.0. The molecule has 0 fully saturated rings. The maximum absolute atomic E-state index is 12.4. The van der Waals surface area contributed by atoms with Crippen molar-refractivity contribution in [2.24, 2.45) is 0 Å². The van der Waals surface area contributed by atoms with Crippen LogP contribution in [-0.4, -0.2) is 10.9 Å². The summed E-state index contributed by atoms with van der Waals surface area (Å²) in [5.74, 6) is 0.306. The molecule has 6 heteroatoms. The molecule has 140 valence electrons. The van der Waals surface area contributed by atoms with E-state index in [0.717, 1.165) is 27.8 Å². The topological polar surface area (TPSA) is 55.1 Å². The number of amides is 1. The van der Waals surface area contributed by atoms with E-state index in [0.29, 0.717) is 21.6 Å². The van der Waals surface area contributed by atoms with Gasteiger partial charge in [0.1, 0.15) is 5.52 Å². The van der Waals surface area contributed by atoms with Gasteiger partial charge in [-0.3, -0.25) is 4.79 Å². The van der Waals surface area contributed by atoms with Crippen molar-refractivity contribution in [1.82, 2.24) is 4.98 Å². The summed E-state index contributed by atoms with van der Waals surface area (Å²) >= 11 is 12.1. The molecule has 0 atom stereocenters. The summed E-state index contributed by atoms with van der Waals surface area (Å²) < 4.78 is 5.86. The molecule has 0 saturated heterocycles. The minimum Gasteiger partial charge on any atom is -0.436 e. The maximum atomic E-state index is 12.4. The Labute approximate surface area is 172 Å². The van der Waals surface area contributed by atoms with Gasteiger partial charge in [-0.05, 0) is 60.5 Å². The number of oxazole rings is 1. The molecule has 0 saturated carbocycles. The van der Waals surface area contributed by atoms with Gasteiger partial charge in [-0.25, -0.2) is 4.98 Å². The molecule has 0 spiro atoms. The Morgan fingerprint density at radius 2 is 1.82 bits per heavy atom. The molecule has 1 N–H and O–H groups in total. The molecule has 3 aromatic carbocycles. The fraction of sp³-hybridized carbons (Fsp3) is 0.0909. The molecule has 0 aliphatic carbocycles. The third-order valence-corrected chi connectivity index (χ3v) is 4.89. The largest absolute Gasteiger partial charge is 0.436 e. The van der Waals surface area contributed by atoms with Crippen LogP contribution in [0.15, 0.2) is 65.1 Å². The summed E-state index contributed by atoms with van der Waals surface area (Å²) in [5, 5.41) is 3.93. The van der Waals surface area contributed by atoms with Crippen molar-refractivity contribution in [2.45, 2.75) is 13.3 Å². The summed E-state index contributed by atoms with van der Waals surface area (Å²) in [6.45, 7) is 2.00. The van der Waals surface area contributed by atoms with Crippen LogP contribution in [0.5, 0.6) is 0 Å². The molecule has 0 unspecified atom stereocenters. The van der Waals surface area contributed by atoms with Crippen LogP contribution in [0, 0.1) is 6.92 Å². The third kappa shape index (κ3) is 4.03. The standard InChI is InChI=1S/C22H16Cl2N2O2/c1-13-2-9-18-20(10-13)28-22(26-18)15-5-8-17(24)19(12-15)25-21(27)11-14-3-6-16(23)7-4-14/h2-10,12H,11H2,1H3,(H,25,27). The number of carbonyl (C=O) groups is 1. The number of hydrogen-bond donors (Lipinski definition) is 1. The zero-order valence-corrected chi connectivity index (χ0v) is 16.5.